The van der Waals surface area contributed by atoms with Crippen LogP contribution in [0.15, 0.2) is 36.5 Å². The summed E-state index contributed by atoms with van der Waals surface area (Å²) in [5.74, 6) is 1.08. The first kappa shape index (κ1) is 22.2. The van der Waals surface area contributed by atoms with Gasteiger partial charge in [0.15, 0.2) is 0 Å². The van der Waals surface area contributed by atoms with Crippen molar-refractivity contribution >= 4 is 16.0 Å². The lowest BCUT2D eigenvalue weighted by molar-refractivity contribution is 0.315. The van der Waals surface area contributed by atoms with Gasteiger partial charge in [-0.2, -0.15) is 0 Å². The first-order chi connectivity index (χ1) is 14.8. The van der Waals surface area contributed by atoms with E-state index in [0.717, 1.165) is 42.4 Å². The highest BCUT2D eigenvalue weighted by Crippen LogP contribution is 2.35. The summed E-state index contributed by atoms with van der Waals surface area (Å²) in [4.78, 5) is 13.7. The fourth-order valence-electron chi connectivity index (χ4n) is 4.79. The predicted octanol–water partition coefficient (Wildman–Crippen LogP) is 2.49. The van der Waals surface area contributed by atoms with Crippen molar-refractivity contribution in [3.05, 3.63) is 53.3 Å². The van der Waals surface area contributed by atoms with Crippen LogP contribution >= 0.6 is 0 Å². The highest BCUT2D eigenvalue weighted by molar-refractivity contribution is 7.88. The SMILES string of the molecule is Cc1cccc(CS(=O)(=O)N2C[C@@H](CN(C)C)[C@H](c3ccnc(N4CCCC4)n3)C2)c1. The Balaban J connectivity index is 1.57. The van der Waals surface area contributed by atoms with Gasteiger partial charge in [-0.3, -0.25) is 0 Å². The lowest BCUT2D eigenvalue weighted by Gasteiger charge is -2.22. The summed E-state index contributed by atoms with van der Waals surface area (Å²) >= 11 is 0. The van der Waals surface area contributed by atoms with E-state index in [1.807, 2.05) is 57.5 Å². The Bertz CT molecular complexity index is 1000. The van der Waals surface area contributed by atoms with Crippen LogP contribution < -0.4 is 4.90 Å². The van der Waals surface area contributed by atoms with E-state index in [-0.39, 0.29) is 17.6 Å². The van der Waals surface area contributed by atoms with Gasteiger partial charge >= 0.3 is 0 Å². The third kappa shape index (κ3) is 5.25. The quantitative estimate of drug-likeness (QED) is 0.655. The average Bonchev–Trinajstić information content (AvgIpc) is 3.38. The van der Waals surface area contributed by atoms with E-state index in [1.54, 1.807) is 4.31 Å². The van der Waals surface area contributed by atoms with Crippen LogP contribution in [-0.2, 0) is 15.8 Å². The van der Waals surface area contributed by atoms with Crippen LogP contribution in [0.4, 0.5) is 5.95 Å². The maximum Gasteiger partial charge on any atom is 0.225 e. The molecule has 7 nitrogen and oxygen atoms in total. The van der Waals surface area contributed by atoms with Gasteiger partial charge in [0.25, 0.3) is 0 Å². The summed E-state index contributed by atoms with van der Waals surface area (Å²) in [5, 5.41) is 0. The fraction of sp³-hybridized carbons (Fsp3) is 0.565. The molecule has 2 fully saturated rings. The summed E-state index contributed by atoms with van der Waals surface area (Å²) in [6.07, 6.45) is 4.17. The van der Waals surface area contributed by atoms with E-state index in [9.17, 15) is 8.42 Å². The van der Waals surface area contributed by atoms with Gasteiger partial charge in [-0.05, 0) is 51.4 Å². The van der Waals surface area contributed by atoms with Gasteiger partial charge in [0.05, 0.1) is 11.4 Å². The minimum absolute atomic E-state index is 0.0406. The van der Waals surface area contributed by atoms with Crippen LogP contribution in [0.1, 0.15) is 35.6 Å². The second-order valence-electron chi connectivity index (χ2n) is 9.17. The highest BCUT2D eigenvalue weighted by Gasteiger charge is 2.40. The predicted molar refractivity (Wildman–Crippen MR) is 124 cm³/mol. The molecule has 1 aromatic heterocycles. The van der Waals surface area contributed by atoms with Crippen molar-refractivity contribution in [2.24, 2.45) is 5.92 Å². The molecule has 0 unspecified atom stereocenters. The van der Waals surface area contributed by atoms with Crippen molar-refractivity contribution in [1.29, 1.82) is 0 Å². The zero-order chi connectivity index (χ0) is 22.0. The van der Waals surface area contributed by atoms with Gasteiger partial charge in [0.2, 0.25) is 16.0 Å². The van der Waals surface area contributed by atoms with E-state index in [1.165, 1.54) is 12.8 Å². The number of aromatic nitrogens is 2. The molecule has 0 aliphatic carbocycles. The van der Waals surface area contributed by atoms with E-state index in [2.05, 4.69) is 14.8 Å². The van der Waals surface area contributed by atoms with Gasteiger partial charge in [-0.15, -0.1) is 0 Å². The van der Waals surface area contributed by atoms with Crippen LogP contribution in [0.3, 0.4) is 0 Å². The van der Waals surface area contributed by atoms with Crippen molar-refractivity contribution in [2.75, 3.05) is 51.7 Å². The Hall–Kier alpha value is -2.03. The monoisotopic (exact) mass is 443 g/mol. The lowest BCUT2D eigenvalue weighted by Crippen LogP contribution is -2.31. The molecule has 2 aliphatic heterocycles. The molecule has 1 aromatic carbocycles. The molecule has 4 rings (SSSR count). The summed E-state index contributed by atoms with van der Waals surface area (Å²) in [5.41, 5.74) is 2.87. The molecule has 0 N–H and O–H groups in total. The minimum Gasteiger partial charge on any atom is -0.341 e. The number of hydrogen-bond donors (Lipinski definition) is 0. The summed E-state index contributed by atoms with van der Waals surface area (Å²) < 4.78 is 28.2. The zero-order valence-electron chi connectivity index (χ0n) is 18.7. The number of rotatable bonds is 7. The molecule has 2 saturated heterocycles. The Labute approximate surface area is 186 Å². The molecule has 0 bridgehead atoms. The average molecular weight is 444 g/mol. The van der Waals surface area contributed by atoms with E-state index >= 15 is 0 Å². The van der Waals surface area contributed by atoms with Crippen molar-refractivity contribution in [1.82, 2.24) is 19.2 Å². The van der Waals surface area contributed by atoms with Crippen LogP contribution in [0.5, 0.6) is 0 Å². The van der Waals surface area contributed by atoms with E-state index in [4.69, 9.17) is 4.98 Å². The minimum atomic E-state index is -3.40. The second kappa shape index (κ2) is 9.22. The van der Waals surface area contributed by atoms with E-state index in [0.29, 0.717) is 13.1 Å². The molecular formula is C23H33N5O2S. The highest BCUT2D eigenvalue weighted by atomic mass is 32.2. The Morgan fingerprint density at radius 2 is 1.90 bits per heavy atom. The summed E-state index contributed by atoms with van der Waals surface area (Å²) in [7, 11) is 0.672. The maximum absolute atomic E-state index is 13.3. The third-order valence-corrected chi connectivity index (χ3v) is 8.05. The lowest BCUT2D eigenvalue weighted by atomic mass is 9.92. The normalized spacial score (nSPS) is 22.5. The van der Waals surface area contributed by atoms with Crippen molar-refractivity contribution < 1.29 is 8.42 Å². The number of anilines is 1. The first-order valence-electron chi connectivity index (χ1n) is 11.1. The van der Waals surface area contributed by atoms with Crippen LogP contribution in [0, 0.1) is 12.8 Å². The first-order valence-corrected chi connectivity index (χ1v) is 12.7. The van der Waals surface area contributed by atoms with Gasteiger partial charge in [0.1, 0.15) is 0 Å². The van der Waals surface area contributed by atoms with Gasteiger partial charge in [-0.25, -0.2) is 22.7 Å². The molecule has 8 heteroatoms. The molecule has 0 spiro atoms. The smallest absolute Gasteiger partial charge is 0.225 e. The molecule has 0 radical (unpaired) electrons. The van der Waals surface area contributed by atoms with Gasteiger partial charge in [0, 0.05) is 44.8 Å². The molecule has 2 atom stereocenters. The zero-order valence-corrected chi connectivity index (χ0v) is 19.6. The molecule has 0 saturated carbocycles. The van der Waals surface area contributed by atoms with Crippen molar-refractivity contribution in [2.45, 2.75) is 31.4 Å². The standard InChI is InChI=1S/C23H33N5O2S/c1-18-7-6-8-19(13-18)17-31(29,30)28-15-20(14-26(2)3)21(16-28)22-9-10-24-23(25-22)27-11-4-5-12-27/h6-10,13,20-21H,4-5,11-12,14-17H2,1-3H3/t20-,21-/m1/s1. The fourth-order valence-corrected chi connectivity index (χ4v) is 6.38. The third-order valence-electron chi connectivity index (χ3n) is 6.27. The Kier molecular flexibility index (Phi) is 6.60. The molecule has 2 aromatic rings. The molecular weight excluding hydrogens is 410 g/mol. The van der Waals surface area contributed by atoms with Crippen molar-refractivity contribution in [3.8, 4) is 0 Å². The number of benzene rings is 1. The van der Waals surface area contributed by atoms with Crippen molar-refractivity contribution in [3.63, 3.8) is 0 Å². The Morgan fingerprint density at radius 3 is 2.61 bits per heavy atom. The Morgan fingerprint density at radius 1 is 1.13 bits per heavy atom. The largest absolute Gasteiger partial charge is 0.341 e. The van der Waals surface area contributed by atoms with Crippen LogP contribution in [-0.4, -0.2) is 74.4 Å². The summed E-state index contributed by atoms with van der Waals surface area (Å²) in [6, 6.07) is 9.71. The van der Waals surface area contributed by atoms with Crippen LogP contribution in [0.2, 0.25) is 0 Å². The second-order valence-corrected chi connectivity index (χ2v) is 11.1. The molecule has 31 heavy (non-hydrogen) atoms. The molecule has 3 heterocycles. The maximum atomic E-state index is 13.3. The summed E-state index contributed by atoms with van der Waals surface area (Å²) in [6.45, 7) is 5.80. The molecule has 0 amide bonds. The molecule has 168 valence electrons. The topological polar surface area (TPSA) is 69.6 Å². The van der Waals surface area contributed by atoms with Gasteiger partial charge < -0.3 is 9.80 Å². The number of nitrogens with zero attached hydrogens (tertiary/aromatic N) is 5. The number of aryl methyl sites for hydroxylation is 1. The number of hydrogen-bond acceptors (Lipinski definition) is 6. The molecule has 2 aliphatic rings. The van der Waals surface area contributed by atoms with Crippen LogP contribution in [0.25, 0.3) is 0 Å². The number of sulfonamides is 1. The van der Waals surface area contributed by atoms with E-state index < -0.39 is 10.0 Å². The van der Waals surface area contributed by atoms with Gasteiger partial charge in [-0.1, -0.05) is 29.8 Å².